The van der Waals surface area contributed by atoms with Gasteiger partial charge in [0.2, 0.25) is 5.89 Å². The molecule has 1 aromatic heterocycles. The van der Waals surface area contributed by atoms with E-state index in [9.17, 15) is 5.11 Å². The fourth-order valence-electron chi connectivity index (χ4n) is 2.95. The molecule has 2 aliphatic rings. The Morgan fingerprint density at radius 3 is 2.53 bits per heavy atom. The molecule has 1 saturated carbocycles. The van der Waals surface area contributed by atoms with Gasteiger partial charge in [-0.3, -0.25) is 0 Å². The van der Waals surface area contributed by atoms with E-state index in [1.807, 2.05) is 6.92 Å². The number of hydrogen-bond donors (Lipinski definition) is 2. The minimum atomic E-state index is -0.185. The Balaban J connectivity index is 1.74. The summed E-state index contributed by atoms with van der Waals surface area (Å²) in [6.07, 6.45) is 4.38. The van der Waals surface area contributed by atoms with Crippen LogP contribution >= 0.6 is 0 Å². The predicted molar refractivity (Wildman–Crippen MR) is 67.5 cm³/mol. The number of aliphatic hydroxyl groups is 1. The van der Waals surface area contributed by atoms with Crippen LogP contribution in [0.4, 0.5) is 0 Å². The summed E-state index contributed by atoms with van der Waals surface area (Å²) in [7, 11) is 0. The number of nitrogens with zero attached hydrogens (tertiary/aromatic N) is 2. The first-order valence-electron chi connectivity index (χ1n) is 6.93. The van der Waals surface area contributed by atoms with Crippen LogP contribution in [0, 0.1) is 12.3 Å². The van der Waals surface area contributed by atoms with E-state index in [1.54, 1.807) is 0 Å². The second-order valence-corrected chi connectivity index (χ2v) is 5.93. The third kappa shape index (κ3) is 2.28. The molecule has 0 amide bonds. The minimum absolute atomic E-state index is 0.131. The molecule has 2 heterocycles. The summed E-state index contributed by atoms with van der Waals surface area (Å²) in [5.41, 5.74) is -0.316. The van der Waals surface area contributed by atoms with Crippen LogP contribution in [0.1, 0.15) is 37.4 Å². The summed E-state index contributed by atoms with van der Waals surface area (Å²) in [6.45, 7) is 3.95. The Labute approximate surface area is 112 Å². The van der Waals surface area contributed by atoms with E-state index in [1.165, 1.54) is 12.8 Å². The van der Waals surface area contributed by atoms with Gasteiger partial charge >= 0.3 is 0 Å². The molecular weight excluding hydrogens is 246 g/mol. The van der Waals surface area contributed by atoms with Gasteiger partial charge in [-0.15, -0.1) is 0 Å². The first kappa shape index (κ1) is 13.0. The van der Waals surface area contributed by atoms with Gasteiger partial charge < -0.3 is 19.7 Å². The van der Waals surface area contributed by atoms with Crippen molar-refractivity contribution in [1.29, 1.82) is 0 Å². The first-order valence-corrected chi connectivity index (χ1v) is 6.93. The standard InChI is InChI=1S/C13H21N3O3/c1-10-15-11(16-19-10)13(4-2-3-5-13)14-6-12(7-17)8-18-9-12/h14,17H,2-9H2,1H3. The van der Waals surface area contributed by atoms with Crippen LogP contribution < -0.4 is 5.32 Å². The highest BCUT2D eigenvalue weighted by molar-refractivity contribution is 5.09. The van der Waals surface area contributed by atoms with E-state index in [0.717, 1.165) is 25.2 Å². The molecule has 1 aliphatic heterocycles. The molecule has 19 heavy (non-hydrogen) atoms. The Bertz CT molecular complexity index is 431. The van der Waals surface area contributed by atoms with E-state index in [2.05, 4.69) is 15.5 Å². The lowest BCUT2D eigenvalue weighted by atomic mass is 9.85. The second-order valence-electron chi connectivity index (χ2n) is 5.93. The number of nitrogens with one attached hydrogen (secondary N) is 1. The number of ether oxygens (including phenoxy) is 1. The van der Waals surface area contributed by atoms with Crippen molar-refractivity contribution in [3.63, 3.8) is 0 Å². The molecule has 0 atom stereocenters. The van der Waals surface area contributed by atoms with Gasteiger partial charge in [-0.2, -0.15) is 4.98 Å². The molecule has 0 aromatic carbocycles. The first-order chi connectivity index (χ1) is 9.18. The molecule has 0 spiro atoms. The van der Waals surface area contributed by atoms with Gasteiger partial charge in [-0.1, -0.05) is 18.0 Å². The third-order valence-electron chi connectivity index (χ3n) is 4.37. The Hall–Kier alpha value is -0.980. The lowest BCUT2D eigenvalue weighted by Crippen LogP contribution is -2.56. The van der Waals surface area contributed by atoms with Gasteiger partial charge in [-0.05, 0) is 12.8 Å². The summed E-state index contributed by atoms with van der Waals surface area (Å²) in [4.78, 5) is 4.40. The van der Waals surface area contributed by atoms with Crippen molar-refractivity contribution in [1.82, 2.24) is 15.5 Å². The van der Waals surface area contributed by atoms with Gasteiger partial charge in [0.25, 0.3) is 0 Å². The van der Waals surface area contributed by atoms with Crippen molar-refractivity contribution in [3.8, 4) is 0 Å². The zero-order valence-electron chi connectivity index (χ0n) is 11.3. The molecule has 2 N–H and O–H groups in total. The fraction of sp³-hybridized carbons (Fsp3) is 0.846. The van der Waals surface area contributed by atoms with Crippen molar-refractivity contribution in [2.24, 2.45) is 5.41 Å². The molecule has 1 aromatic rings. The van der Waals surface area contributed by atoms with Crippen molar-refractivity contribution >= 4 is 0 Å². The molecule has 6 heteroatoms. The largest absolute Gasteiger partial charge is 0.396 e. The van der Waals surface area contributed by atoms with Gasteiger partial charge in [0.05, 0.1) is 30.8 Å². The van der Waals surface area contributed by atoms with E-state index in [0.29, 0.717) is 19.1 Å². The number of aryl methyl sites for hydroxylation is 1. The van der Waals surface area contributed by atoms with Crippen LogP contribution in [0.2, 0.25) is 0 Å². The number of hydrogen-bond acceptors (Lipinski definition) is 6. The third-order valence-corrected chi connectivity index (χ3v) is 4.37. The number of aliphatic hydroxyl groups excluding tert-OH is 1. The molecule has 1 saturated heterocycles. The maximum atomic E-state index is 9.50. The van der Waals surface area contributed by atoms with Crippen LogP contribution in [0.15, 0.2) is 4.52 Å². The quantitative estimate of drug-likeness (QED) is 0.819. The molecule has 3 rings (SSSR count). The van der Waals surface area contributed by atoms with Crippen LogP contribution in [-0.2, 0) is 10.3 Å². The molecular formula is C13H21N3O3. The summed E-state index contributed by atoms with van der Waals surface area (Å²) in [5, 5.41) is 17.2. The average molecular weight is 267 g/mol. The lowest BCUT2D eigenvalue weighted by Gasteiger charge is -2.42. The molecule has 1 aliphatic carbocycles. The monoisotopic (exact) mass is 267 g/mol. The topological polar surface area (TPSA) is 80.4 Å². The normalized spacial score (nSPS) is 24.3. The summed E-state index contributed by atoms with van der Waals surface area (Å²) in [5.74, 6) is 1.36. The van der Waals surface area contributed by atoms with Crippen LogP contribution in [0.5, 0.6) is 0 Å². The SMILES string of the molecule is Cc1nc(C2(NCC3(CO)COC3)CCCC2)no1. The Morgan fingerprint density at radius 2 is 2.05 bits per heavy atom. The fourth-order valence-corrected chi connectivity index (χ4v) is 2.95. The molecule has 106 valence electrons. The Kier molecular flexibility index (Phi) is 3.32. The molecule has 6 nitrogen and oxygen atoms in total. The van der Waals surface area contributed by atoms with E-state index in [4.69, 9.17) is 9.26 Å². The summed E-state index contributed by atoms with van der Waals surface area (Å²) in [6, 6.07) is 0. The molecule has 2 fully saturated rings. The predicted octanol–water partition coefficient (Wildman–Crippen LogP) is 0.746. The zero-order valence-corrected chi connectivity index (χ0v) is 11.3. The lowest BCUT2D eigenvalue weighted by molar-refractivity contribution is -0.137. The van der Waals surface area contributed by atoms with Gasteiger partial charge in [0, 0.05) is 13.5 Å². The highest BCUT2D eigenvalue weighted by atomic mass is 16.5. The highest BCUT2D eigenvalue weighted by Crippen LogP contribution is 2.38. The molecule has 0 unspecified atom stereocenters. The maximum Gasteiger partial charge on any atom is 0.223 e. The number of rotatable bonds is 5. The highest BCUT2D eigenvalue weighted by Gasteiger charge is 2.44. The smallest absolute Gasteiger partial charge is 0.223 e. The van der Waals surface area contributed by atoms with Gasteiger partial charge in [0.1, 0.15) is 0 Å². The zero-order chi connectivity index (χ0) is 13.3. The summed E-state index contributed by atoms with van der Waals surface area (Å²) >= 11 is 0. The Morgan fingerprint density at radius 1 is 1.32 bits per heavy atom. The maximum absolute atomic E-state index is 9.50. The van der Waals surface area contributed by atoms with E-state index < -0.39 is 0 Å². The van der Waals surface area contributed by atoms with E-state index in [-0.39, 0.29) is 17.6 Å². The van der Waals surface area contributed by atoms with Crippen molar-refractivity contribution in [3.05, 3.63) is 11.7 Å². The van der Waals surface area contributed by atoms with Crippen molar-refractivity contribution in [2.45, 2.75) is 38.1 Å². The van der Waals surface area contributed by atoms with Gasteiger partial charge in [0.15, 0.2) is 5.82 Å². The van der Waals surface area contributed by atoms with Crippen molar-refractivity contribution in [2.75, 3.05) is 26.4 Å². The summed E-state index contributed by atoms with van der Waals surface area (Å²) < 4.78 is 10.4. The van der Waals surface area contributed by atoms with Crippen LogP contribution in [0.25, 0.3) is 0 Å². The van der Waals surface area contributed by atoms with Gasteiger partial charge in [-0.25, -0.2) is 0 Å². The average Bonchev–Trinajstić information content (AvgIpc) is 2.98. The molecule has 0 radical (unpaired) electrons. The van der Waals surface area contributed by atoms with Crippen LogP contribution in [0.3, 0.4) is 0 Å². The van der Waals surface area contributed by atoms with Crippen molar-refractivity contribution < 1.29 is 14.4 Å². The second kappa shape index (κ2) is 4.85. The molecule has 0 bridgehead atoms. The van der Waals surface area contributed by atoms with Crippen LogP contribution in [-0.4, -0.2) is 41.6 Å². The van der Waals surface area contributed by atoms with E-state index >= 15 is 0 Å². The minimum Gasteiger partial charge on any atom is -0.396 e. The number of aromatic nitrogens is 2.